The number of amides is 2. The van der Waals surface area contributed by atoms with Gasteiger partial charge in [0, 0.05) is 55.3 Å². The van der Waals surface area contributed by atoms with Gasteiger partial charge in [0.1, 0.15) is 5.82 Å². The van der Waals surface area contributed by atoms with Gasteiger partial charge in [0.05, 0.1) is 0 Å². The molecule has 35 heavy (non-hydrogen) atoms. The van der Waals surface area contributed by atoms with Gasteiger partial charge in [-0.2, -0.15) is 0 Å². The molecule has 2 aliphatic carbocycles. The number of nitrogens with zero attached hydrogens (tertiary/aromatic N) is 2. The van der Waals surface area contributed by atoms with Crippen LogP contribution in [0.25, 0.3) is 0 Å². The Hall–Kier alpha value is -2.73. The van der Waals surface area contributed by atoms with Gasteiger partial charge in [-0.05, 0) is 62.3 Å². The van der Waals surface area contributed by atoms with E-state index in [4.69, 9.17) is 0 Å². The summed E-state index contributed by atoms with van der Waals surface area (Å²) in [6.45, 7) is 6.62. The lowest BCUT2D eigenvalue weighted by Crippen LogP contribution is -2.54. The molecule has 2 aromatic carbocycles. The van der Waals surface area contributed by atoms with Gasteiger partial charge < -0.3 is 10.2 Å². The SMILES string of the molecule is Cc1c(NC(=O)C2CC2c2ccccc2)ccc(F)c1CN1CCN(C(=O)C2CCCC2)C(C)C1. The van der Waals surface area contributed by atoms with E-state index < -0.39 is 0 Å². The highest BCUT2D eigenvalue weighted by Crippen LogP contribution is 2.48. The molecule has 2 aromatic rings. The first-order valence-corrected chi connectivity index (χ1v) is 13.1. The van der Waals surface area contributed by atoms with Gasteiger partial charge >= 0.3 is 0 Å². The minimum absolute atomic E-state index is 0.00664. The van der Waals surface area contributed by atoms with E-state index in [-0.39, 0.29) is 35.5 Å². The molecule has 1 aliphatic heterocycles. The molecule has 2 saturated carbocycles. The highest BCUT2D eigenvalue weighted by molar-refractivity contribution is 5.96. The maximum absolute atomic E-state index is 14.9. The number of carbonyl (C=O) groups excluding carboxylic acids is 2. The van der Waals surface area contributed by atoms with Crippen LogP contribution in [-0.4, -0.2) is 47.3 Å². The molecule has 186 valence electrons. The van der Waals surface area contributed by atoms with Crippen LogP contribution in [0, 0.1) is 24.6 Å². The van der Waals surface area contributed by atoms with Crippen molar-refractivity contribution in [1.82, 2.24) is 9.80 Å². The quantitative estimate of drug-likeness (QED) is 0.630. The molecular formula is C29H36FN3O2. The van der Waals surface area contributed by atoms with Crippen molar-refractivity contribution in [2.24, 2.45) is 11.8 Å². The Morgan fingerprint density at radius 3 is 2.51 bits per heavy atom. The largest absolute Gasteiger partial charge is 0.337 e. The van der Waals surface area contributed by atoms with E-state index in [1.54, 1.807) is 6.07 Å². The molecular weight excluding hydrogens is 441 g/mol. The summed E-state index contributed by atoms with van der Waals surface area (Å²) in [7, 11) is 0. The highest BCUT2D eigenvalue weighted by atomic mass is 19.1. The van der Waals surface area contributed by atoms with Crippen molar-refractivity contribution < 1.29 is 14.0 Å². The molecule has 5 rings (SSSR count). The van der Waals surface area contributed by atoms with Gasteiger partial charge in [-0.25, -0.2) is 4.39 Å². The first-order valence-electron chi connectivity index (χ1n) is 13.1. The number of hydrogen-bond donors (Lipinski definition) is 1. The maximum Gasteiger partial charge on any atom is 0.228 e. The number of piperazine rings is 1. The molecule has 0 radical (unpaired) electrons. The standard InChI is InChI=1S/C29H36FN3O2/c1-19-17-32(14-15-33(19)29(35)22-10-6-7-11-22)18-25-20(2)27(13-12-26(25)30)31-28(34)24-16-23(24)21-8-4-3-5-9-21/h3-5,8-9,12-13,19,22-24H,6-7,10-11,14-18H2,1-2H3,(H,31,34). The third-order valence-corrected chi connectivity index (χ3v) is 8.23. The summed E-state index contributed by atoms with van der Waals surface area (Å²) in [6.07, 6.45) is 5.20. The minimum atomic E-state index is -0.244. The number of anilines is 1. The predicted molar refractivity (Wildman–Crippen MR) is 135 cm³/mol. The van der Waals surface area contributed by atoms with E-state index in [1.807, 2.05) is 30.0 Å². The van der Waals surface area contributed by atoms with E-state index in [1.165, 1.54) is 11.6 Å². The smallest absolute Gasteiger partial charge is 0.228 e. The maximum atomic E-state index is 14.9. The van der Waals surface area contributed by atoms with Crippen LogP contribution in [0.15, 0.2) is 42.5 Å². The molecule has 1 saturated heterocycles. The van der Waals surface area contributed by atoms with E-state index in [0.29, 0.717) is 30.2 Å². The molecule has 3 unspecified atom stereocenters. The van der Waals surface area contributed by atoms with Crippen LogP contribution in [0.3, 0.4) is 0 Å². The summed E-state index contributed by atoms with van der Waals surface area (Å²) < 4.78 is 14.9. The average molecular weight is 478 g/mol. The van der Waals surface area contributed by atoms with Crippen molar-refractivity contribution in [2.45, 2.75) is 64.5 Å². The summed E-state index contributed by atoms with van der Waals surface area (Å²) in [5, 5.41) is 3.06. The lowest BCUT2D eigenvalue weighted by atomic mass is 10.0. The first kappa shape index (κ1) is 24.0. The second kappa shape index (κ2) is 10.1. The van der Waals surface area contributed by atoms with Gasteiger partial charge in [-0.3, -0.25) is 14.5 Å². The first-order chi connectivity index (χ1) is 16.9. The van der Waals surface area contributed by atoms with Crippen molar-refractivity contribution >= 4 is 17.5 Å². The summed E-state index contributed by atoms with van der Waals surface area (Å²) >= 11 is 0. The fourth-order valence-corrected chi connectivity index (χ4v) is 5.97. The number of carbonyl (C=O) groups is 2. The van der Waals surface area contributed by atoms with Gasteiger partial charge in [-0.15, -0.1) is 0 Å². The summed E-state index contributed by atoms with van der Waals surface area (Å²) in [5.74, 6) is 0.490. The van der Waals surface area contributed by atoms with E-state index in [2.05, 4.69) is 29.3 Å². The molecule has 1 heterocycles. The molecule has 3 fully saturated rings. The van der Waals surface area contributed by atoms with E-state index in [0.717, 1.165) is 50.8 Å². The number of hydrogen-bond acceptors (Lipinski definition) is 3. The molecule has 0 aromatic heterocycles. The molecule has 3 aliphatic rings. The Kier molecular flexibility index (Phi) is 6.92. The second-order valence-corrected chi connectivity index (χ2v) is 10.6. The summed E-state index contributed by atoms with van der Waals surface area (Å²) in [6, 6.07) is 13.4. The van der Waals surface area contributed by atoms with Crippen LogP contribution in [-0.2, 0) is 16.1 Å². The Morgan fingerprint density at radius 1 is 1.06 bits per heavy atom. The zero-order chi connectivity index (χ0) is 24.5. The van der Waals surface area contributed by atoms with Crippen LogP contribution in [0.1, 0.15) is 61.6 Å². The fraction of sp³-hybridized carbons (Fsp3) is 0.517. The molecule has 0 bridgehead atoms. The second-order valence-electron chi connectivity index (χ2n) is 10.6. The Labute approximate surface area is 207 Å². The molecule has 3 atom stereocenters. The predicted octanol–water partition coefficient (Wildman–Crippen LogP) is 5.10. The molecule has 5 nitrogen and oxygen atoms in total. The third kappa shape index (κ3) is 5.13. The van der Waals surface area contributed by atoms with Crippen LogP contribution < -0.4 is 5.32 Å². The number of nitrogens with one attached hydrogen (secondary N) is 1. The van der Waals surface area contributed by atoms with Crippen LogP contribution >= 0.6 is 0 Å². The van der Waals surface area contributed by atoms with Crippen molar-refractivity contribution in [3.63, 3.8) is 0 Å². The van der Waals surface area contributed by atoms with Crippen molar-refractivity contribution in [1.29, 1.82) is 0 Å². The normalized spacial score (nSPS) is 25.0. The van der Waals surface area contributed by atoms with E-state index >= 15 is 0 Å². The Morgan fingerprint density at radius 2 is 1.80 bits per heavy atom. The Balaban J connectivity index is 1.21. The van der Waals surface area contributed by atoms with E-state index in [9.17, 15) is 14.0 Å². The van der Waals surface area contributed by atoms with Gasteiger partial charge in [0.25, 0.3) is 0 Å². The van der Waals surface area contributed by atoms with Crippen molar-refractivity contribution in [2.75, 3.05) is 25.0 Å². The van der Waals surface area contributed by atoms with Crippen LogP contribution in [0.4, 0.5) is 10.1 Å². The zero-order valence-electron chi connectivity index (χ0n) is 20.8. The monoisotopic (exact) mass is 477 g/mol. The topological polar surface area (TPSA) is 52.7 Å². The van der Waals surface area contributed by atoms with Crippen LogP contribution in [0.5, 0.6) is 0 Å². The van der Waals surface area contributed by atoms with Crippen LogP contribution in [0.2, 0.25) is 0 Å². The Bertz CT molecular complexity index is 1080. The molecule has 2 amide bonds. The highest BCUT2D eigenvalue weighted by Gasteiger charge is 2.44. The van der Waals surface area contributed by atoms with Crippen molar-refractivity contribution in [3.05, 3.63) is 65.0 Å². The molecule has 6 heteroatoms. The number of benzene rings is 2. The molecule has 0 spiro atoms. The lowest BCUT2D eigenvalue weighted by molar-refractivity contribution is -0.140. The van der Waals surface area contributed by atoms with Gasteiger partial charge in [0.2, 0.25) is 11.8 Å². The number of rotatable bonds is 6. The minimum Gasteiger partial charge on any atom is -0.337 e. The lowest BCUT2D eigenvalue weighted by Gasteiger charge is -2.41. The number of halogens is 1. The summed E-state index contributed by atoms with van der Waals surface area (Å²) in [5.41, 5.74) is 3.30. The zero-order valence-corrected chi connectivity index (χ0v) is 20.8. The van der Waals surface area contributed by atoms with Crippen molar-refractivity contribution in [3.8, 4) is 0 Å². The molecule has 1 N–H and O–H groups in total. The van der Waals surface area contributed by atoms with Gasteiger partial charge in [-0.1, -0.05) is 43.2 Å². The van der Waals surface area contributed by atoms with Gasteiger partial charge in [0.15, 0.2) is 0 Å². The summed E-state index contributed by atoms with van der Waals surface area (Å²) in [4.78, 5) is 30.1. The fourth-order valence-electron chi connectivity index (χ4n) is 5.97. The average Bonchev–Trinajstić information content (AvgIpc) is 3.48. The third-order valence-electron chi connectivity index (χ3n) is 8.23.